The van der Waals surface area contributed by atoms with Gasteiger partial charge in [0.05, 0.1) is 28.6 Å². The smallest absolute Gasteiger partial charge is 0.311 e. The Morgan fingerprint density at radius 1 is 1.12 bits per heavy atom. The van der Waals surface area contributed by atoms with Crippen LogP contribution in [0.4, 0.5) is 13.2 Å². The van der Waals surface area contributed by atoms with Gasteiger partial charge in [0.25, 0.3) is 5.91 Å². The molecule has 0 saturated carbocycles. The van der Waals surface area contributed by atoms with Crippen molar-refractivity contribution in [3.05, 3.63) is 95.0 Å². The molecule has 6 nitrogen and oxygen atoms in total. The lowest BCUT2D eigenvalue weighted by molar-refractivity contribution is -0.0602. The Hall–Kier alpha value is -3.69. The number of amides is 1. The number of hydrogen-bond donors (Lipinski definition) is 3. The van der Waals surface area contributed by atoms with Crippen molar-refractivity contribution in [3.8, 4) is 22.5 Å². The number of carbonyl (C=O) groups excluding carboxylic acids is 1. The van der Waals surface area contributed by atoms with Gasteiger partial charge >= 0.3 is 5.92 Å². The third-order valence-corrected chi connectivity index (χ3v) is 5.49. The van der Waals surface area contributed by atoms with Crippen LogP contribution in [0.5, 0.6) is 0 Å². The van der Waals surface area contributed by atoms with Crippen LogP contribution in [0.15, 0.2) is 72.9 Å². The van der Waals surface area contributed by atoms with E-state index < -0.39 is 36.0 Å². The molecule has 34 heavy (non-hydrogen) atoms. The zero-order valence-electron chi connectivity index (χ0n) is 17.5. The van der Waals surface area contributed by atoms with Crippen LogP contribution in [-0.4, -0.2) is 38.8 Å². The standard InChI is InChI=1S/C24H18ClF3N4O2/c25-17-5-3-4-16(22(17)19-12-18(31-32-19)14-7-9-15(26)10-8-14)23(34)30-21(13-33)24(27,28)20-6-1-2-11-29-20/h1-12,21,33H,13H2,(H,30,34)(H,31,32)/t21-/m0/s1. The van der Waals surface area contributed by atoms with Gasteiger partial charge in [-0.3, -0.25) is 14.9 Å². The molecule has 10 heteroatoms. The summed E-state index contributed by atoms with van der Waals surface area (Å²) < 4.78 is 43.1. The van der Waals surface area contributed by atoms with Gasteiger partial charge in [-0.2, -0.15) is 13.9 Å². The van der Waals surface area contributed by atoms with Gasteiger partial charge < -0.3 is 10.4 Å². The number of rotatable bonds is 7. The predicted molar refractivity (Wildman–Crippen MR) is 121 cm³/mol. The highest BCUT2D eigenvalue weighted by atomic mass is 35.5. The van der Waals surface area contributed by atoms with Crippen molar-refractivity contribution in [2.45, 2.75) is 12.0 Å². The van der Waals surface area contributed by atoms with E-state index in [0.717, 1.165) is 6.07 Å². The van der Waals surface area contributed by atoms with Gasteiger partial charge in [-0.1, -0.05) is 23.7 Å². The summed E-state index contributed by atoms with van der Waals surface area (Å²) in [6, 6.07) is 13.8. The summed E-state index contributed by atoms with van der Waals surface area (Å²) >= 11 is 6.35. The van der Waals surface area contributed by atoms with Gasteiger partial charge in [0, 0.05) is 11.8 Å². The van der Waals surface area contributed by atoms with Gasteiger partial charge in [-0.25, -0.2) is 4.39 Å². The number of carbonyl (C=O) groups is 1. The maximum absolute atomic E-state index is 14.9. The highest BCUT2D eigenvalue weighted by Crippen LogP contribution is 2.34. The van der Waals surface area contributed by atoms with Gasteiger partial charge in [0.2, 0.25) is 0 Å². The minimum Gasteiger partial charge on any atom is -0.394 e. The average Bonchev–Trinajstić information content (AvgIpc) is 3.32. The summed E-state index contributed by atoms with van der Waals surface area (Å²) in [4.78, 5) is 16.7. The van der Waals surface area contributed by atoms with Crippen molar-refractivity contribution >= 4 is 17.5 Å². The number of aromatic amines is 1. The molecule has 0 aliphatic carbocycles. The van der Waals surface area contributed by atoms with Crippen LogP contribution in [-0.2, 0) is 5.92 Å². The fourth-order valence-electron chi connectivity index (χ4n) is 3.43. The van der Waals surface area contributed by atoms with Crippen LogP contribution in [0, 0.1) is 5.82 Å². The summed E-state index contributed by atoms with van der Waals surface area (Å²) in [5.74, 6) is -4.90. The lowest BCUT2D eigenvalue weighted by Gasteiger charge is -2.26. The molecular formula is C24H18ClF3N4O2. The van der Waals surface area contributed by atoms with Crippen LogP contribution in [0.1, 0.15) is 16.1 Å². The van der Waals surface area contributed by atoms with Crippen molar-refractivity contribution in [2.75, 3.05) is 6.61 Å². The Morgan fingerprint density at radius 2 is 1.88 bits per heavy atom. The second-order valence-electron chi connectivity index (χ2n) is 7.38. The highest BCUT2D eigenvalue weighted by Gasteiger charge is 2.43. The number of halogens is 4. The van der Waals surface area contributed by atoms with Crippen LogP contribution in [0.25, 0.3) is 22.5 Å². The monoisotopic (exact) mass is 486 g/mol. The van der Waals surface area contributed by atoms with Crippen molar-refractivity contribution in [2.24, 2.45) is 0 Å². The summed E-state index contributed by atoms with van der Waals surface area (Å²) in [5.41, 5.74) is 1.08. The number of aliphatic hydroxyl groups is 1. The van der Waals surface area contributed by atoms with E-state index in [1.165, 1.54) is 48.7 Å². The first kappa shape index (κ1) is 23.5. The van der Waals surface area contributed by atoms with Gasteiger partial charge in [-0.05, 0) is 60.2 Å². The number of benzene rings is 2. The second-order valence-corrected chi connectivity index (χ2v) is 7.79. The molecule has 0 bridgehead atoms. The van der Waals surface area contributed by atoms with Crippen LogP contribution >= 0.6 is 11.6 Å². The van der Waals surface area contributed by atoms with Crippen molar-refractivity contribution in [1.29, 1.82) is 0 Å². The molecule has 2 aromatic carbocycles. The van der Waals surface area contributed by atoms with Crippen molar-refractivity contribution in [3.63, 3.8) is 0 Å². The van der Waals surface area contributed by atoms with Gasteiger partial charge in [0.1, 0.15) is 17.6 Å². The van der Waals surface area contributed by atoms with Crippen LogP contribution < -0.4 is 5.32 Å². The Labute approximate surface area is 197 Å². The van der Waals surface area contributed by atoms with E-state index in [9.17, 15) is 23.1 Å². The maximum atomic E-state index is 14.9. The molecule has 0 radical (unpaired) electrons. The Kier molecular flexibility index (Phi) is 6.67. The van der Waals surface area contributed by atoms with Gasteiger partial charge in [0.15, 0.2) is 0 Å². The van der Waals surface area contributed by atoms with Gasteiger partial charge in [-0.15, -0.1) is 0 Å². The summed E-state index contributed by atoms with van der Waals surface area (Å²) in [6.45, 7) is -1.03. The van der Waals surface area contributed by atoms with E-state index in [-0.39, 0.29) is 21.8 Å². The fourth-order valence-corrected chi connectivity index (χ4v) is 3.70. The van der Waals surface area contributed by atoms with E-state index in [1.54, 1.807) is 18.2 Å². The molecule has 1 amide bonds. The third-order valence-electron chi connectivity index (χ3n) is 5.18. The molecule has 174 valence electrons. The number of nitrogens with zero attached hydrogens (tertiary/aromatic N) is 2. The molecule has 0 unspecified atom stereocenters. The zero-order valence-corrected chi connectivity index (χ0v) is 18.2. The number of pyridine rings is 1. The number of hydrogen-bond acceptors (Lipinski definition) is 4. The second kappa shape index (κ2) is 9.66. The highest BCUT2D eigenvalue weighted by molar-refractivity contribution is 6.34. The minimum atomic E-state index is -3.63. The zero-order chi connectivity index (χ0) is 24.3. The maximum Gasteiger partial charge on any atom is 0.311 e. The van der Waals surface area contributed by atoms with E-state index in [1.807, 2.05) is 0 Å². The molecule has 1 atom stereocenters. The normalized spacial score (nSPS) is 12.4. The Bertz CT molecular complexity index is 1300. The first-order valence-electron chi connectivity index (χ1n) is 10.1. The minimum absolute atomic E-state index is 0.0140. The molecule has 2 aromatic heterocycles. The summed E-state index contributed by atoms with van der Waals surface area (Å²) in [6.07, 6.45) is 1.20. The molecule has 2 heterocycles. The van der Waals surface area contributed by atoms with E-state index in [0.29, 0.717) is 11.3 Å². The average molecular weight is 487 g/mol. The number of alkyl halides is 2. The molecule has 0 aliphatic rings. The molecule has 4 aromatic rings. The Morgan fingerprint density at radius 3 is 2.56 bits per heavy atom. The predicted octanol–water partition coefficient (Wildman–Crippen LogP) is 4.81. The van der Waals surface area contributed by atoms with Crippen LogP contribution in [0.3, 0.4) is 0 Å². The van der Waals surface area contributed by atoms with E-state index >= 15 is 0 Å². The molecule has 0 aliphatic heterocycles. The molecule has 3 N–H and O–H groups in total. The quantitative estimate of drug-likeness (QED) is 0.349. The lowest BCUT2D eigenvalue weighted by atomic mass is 10.0. The number of nitrogens with one attached hydrogen (secondary N) is 2. The molecule has 0 spiro atoms. The fraction of sp³-hybridized carbons (Fsp3) is 0.125. The summed E-state index contributed by atoms with van der Waals surface area (Å²) in [5, 5.41) is 19.0. The van der Waals surface area contributed by atoms with E-state index in [2.05, 4.69) is 20.5 Å². The van der Waals surface area contributed by atoms with Crippen molar-refractivity contribution in [1.82, 2.24) is 20.5 Å². The summed E-state index contributed by atoms with van der Waals surface area (Å²) in [7, 11) is 0. The molecule has 0 fully saturated rings. The topological polar surface area (TPSA) is 90.9 Å². The first-order chi connectivity index (χ1) is 16.3. The molecular weight excluding hydrogens is 469 g/mol. The number of H-pyrrole nitrogens is 1. The lowest BCUT2D eigenvalue weighted by Crippen LogP contribution is -2.48. The van der Waals surface area contributed by atoms with Crippen LogP contribution in [0.2, 0.25) is 5.02 Å². The molecule has 4 rings (SSSR count). The van der Waals surface area contributed by atoms with Crippen molar-refractivity contribution < 1.29 is 23.1 Å². The number of aromatic nitrogens is 3. The largest absolute Gasteiger partial charge is 0.394 e. The first-order valence-corrected chi connectivity index (χ1v) is 10.5. The third kappa shape index (κ3) is 4.66. The molecule has 0 saturated heterocycles. The van der Waals surface area contributed by atoms with E-state index in [4.69, 9.17) is 11.6 Å². The number of aliphatic hydroxyl groups excluding tert-OH is 1. The SMILES string of the molecule is O=C(N[C@@H](CO)C(F)(F)c1ccccn1)c1cccc(Cl)c1-c1cc(-c2ccc(F)cc2)[nH]n1. The Balaban J connectivity index is 1.65.